The number of benzene rings is 4. The molecule has 0 radical (unpaired) electrons. The van der Waals surface area contributed by atoms with Crippen molar-refractivity contribution < 1.29 is 96.3 Å². The van der Waals surface area contributed by atoms with Crippen LogP contribution in [0.25, 0.3) is 90.9 Å². The summed E-state index contributed by atoms with van der Waals surface area (Å²) in [5, 5.41) is 81.5. The van der Waals surface area contributed by atoms with Gasteiger partial charge in [0.25, 0.3) is 0 Å². The van der Waals surface area contributed by atoms with E-state index in [4.69, 9.17) is 9.97 Å². The summed E-state index contributed by atoms with van der Waals surface area (Å²) in [6, 6.07) is 19.4. The molecule has 3 aromatic heterocycles. The molecule has 0 spiro atoms. The average Bonchev–Trinajstić information content (AvgIpc) is 4.20. The van der Waals surface area contributed by atoms with Crippen molar-refractivity contribution in [2.24, 2.45) is 0 Å². The van der Waals surface area contributed by atoms with Crippen molar-refractivity contribution in [2.75, 3.05) is 0 Å². The Bertz CT molecular complexity index is 3430. The first kappa shape index (κ1) is 49.2. The van der Waals surface area contributed by atoms with Crippen molar-refractivity contribution in [1.29, 1.82) is 0 Å². The molecular formula is C52H30FeN4O16. The predicted molar refractivity (Wildman–Crippen MR) is 256 cm³/mol. The molecule has 2 aliphatic heterocycles. The van der Waals surface area contributed by atoms with E-state index in [1.807, 2.05) is 0 Å². The summed E-state index contributed by atoms with van der Waals surface area (Å²) in [6.45, 7) is 0. The molecule has 0 saturated carbocycles. The second-order valence-corrected chi connectivity index (χ2v) is 16.0. The van der Waals surface area contributed by atoms with Crippen LogP contribution in [0.15, 0.2) is 97.1 Å². The van der Waals surface area contributed by atoms with Crippen LogP contribution < -0.4 is 0 Å². The van der Waals surface area contributed by atoms with Gasteiger partial charge in [-0.3, -0.25) is 0 Å². The normalized spacial score (nSPS) is 11.4. The maximum atomic E-state index is 13.0. The number of carbonyl (C=O) groups is 8. The molecule has 4 aromatic carbocycles. The van der Waals surface area contributed by atoms with Crippen molar-refractivity contribution in [2.45, 2.75) is 0 Å². The van der Waals surface area contributed by atoms with E-state index < -0.39 is 70.0 Å². The number of aromatic amines is 2. The summed E-state index contributed by atoms with van der Waals surface area (Å²) in [7, 11) is 0. The third-order valence-electron chi connectivity index (χ3n) is 11.8. The standard InChI is InChI=1S/C52H30N4O16.Fe/c57-45(58)21-1-5-25(29(17-21)49(65)66)41-33-9-11-35(53-33)42(26-6-2-22(46(59)60)18-30(26)50(67)68)37-13-15-39(55-37)44(28-8-4-24(48(63)64)20-32(28)52(71)72)40-16-14-38(56-40)43(36-12-10-34(41)54-36)27-7-3-23(47(61)62)19-31(27)51(69)70;/h1-20,53,56H,(H,57,58)(H,59,60)(H,61,62)(H,63,64)(H,65,66)(H,67,68)(H,69,70)(H,71,72);. The molecular weight excluding hydrogens is 992 g/mol. The zero-order valence-electron chi connectivity index (χ0n) is 36.6. The third kappa shape index (κ3) is 8.86. The number of H-pyrrole nitrogens is 2. The smallest absolute Gasteiger partial charge is 0.336 e. The number of fused-ring (bicyclic) bond motifs is 8. The Balaban J connectivity index is 0.00000711. The maximum Gasteiger partial charge on any atom is 0.336 e. The Morgan fingerprint density at radius 3 is 0.685 bits per heavy atom. The van der Waals surface area contributed by atoms with E-state index in [0.29, 0.717) is 0 Å². The number of carboxylic acid groups (broad SMARTS) is 8. The molecule has 8 bridgehead atoms. The molecule has 0 saturated heterocycles. The summed E-state index contributed by atoms with van der Waals surface area (Å²) >= 11 is 0. The first-order valence-corrected chi connectivity index (χ1v) is 20.9. The van der Waals surface area contributed by atoms with Crippen molar-refractivity contribution in [3.63, 3.8) is 0 Å². The number of hydrogen-bond acceptors (Lipinski definition) is 10. The van der Waals surface area contributed by atoms with E-state index in [2.05, 4.69) is 9.97 Å². The first-order valence-electron chi connectivity index (χ1n) is 20.9. The molecule has 362 valence electrons. The second-order valence-electron chi connectivity index (χ2n) is 16.0. The van der Waals surface area contributed by atoms with Crippen LogP contribution in [0.5, 0.6) is 0 Å². The monoisotopic (exact) mass is 1020 g/mol. The van der Waals surface area contributed by atoms with Crippen LogP contribution in [0, 0.1) is 0 Å². The van der Waals surface area contributed by atoms with Gasteiger partial charge in [-0.15, -0.1) is 0 Å². The van der Waals surface area contributed by atoms with Crippen LogP contribution in [0.2, 0.25) is 0 Å². The summed E-state index contributed by atoms with van der Waals surface area (Å²) in [4.78, 5) is 117. The minimum atomic E-state index is -1.54. The van der Waals surface area contributed by atoms with Crippen molar-refractivity contribution in [3.8, 4) is 44.5 Å². The number of aromatic nitrogens is 4. The molecule has 7 aromatic rings. The zero-order valence-corrected chi connectivity index (χ0v) is 37.7. The molecule has 0 fully saturated rings. The van der Waals surface area contributed by atoms with Gasteiger partial charge in [0, 0.05) is 83.6 Å². The molecule has 73 heavy (non-hydrogen) atoms. The van der Waals surface area contributed by atoms with Crippen molar-refractivity contribution in [1.82, 2.24) is 19.9 Å². The Morgan fingerprint density at radius 1 is 0.301 bits per heavy atom. The van der Waals surface area contributed by atoms with Gasteiger partial charge in [-0.2, -0.15) is 0 Å². The Morgan fingerprint density at radius 2 is 0.507 bits per heavy atom. The number of nitrogens with one attached hydrogen (secondary N) is 2. The van der Waals surface area contributed by atoms with Crippen LogP contribution in [0.1, 0.15) is 106 Å². The van der Waals surface area contributed by atoms with Gasteiger partial charge in [0.1, 0.15) is 0 Å². The van der Waals surface area contributed by atoms with Crippen molar-refractivity contribution >= 4 is 94.1 Å². The van der Waals surface area contributed by atoms with Crippen molar-refractivity contribution in [3.05, 3.63) is 164 Å². The Kier molecular flexibility index (Phi) is 12.8. The van der Waals surface area contributed by atoms with E-state index in [1.165, 1.54) is 97.1 Å². The topological polar surface area (TPSA) is 356 Å². The number of carboxylic acids is 8. The van der Waals surface area contributed by atoms with E-state index in [9.17, 15) is 79.2 Å². The zero-order chi connectivity index (χ0) is 51.4. The molecule has 20 nitrogen and oxygen atoms in total. The third-order valence-corrected chi connectivity index (χ3v) is 11.8. The largest absolute Gasteiger partial charge is 0.478 e. The molecule has 10 N–H and O–H groups in total. The van der Waals surface area contributed by atoms with Crippen LogP contribution in [0.3, 0.4) is 0 Å². The van der Waals surface area contributed by atoms with Crippen LogP contribution in [-0.2, 0) is 17.1 Å². The summed E-state index contributed by atoms with van der Waals surface area (Å²) in [5.74, 6) is -11.9. The summed E-state index contributed by atoms with van der Waals surface area (Å²) in [6.07, 6.45) is 5.83. The number of rotatable bonds is 12. The first-order chi connectivity index (χ1) is 34.3. The van der Waals surface area contributed by atoms with E-state index in [-0.39, 0.29) is 129 Å². The minimum Gasteiger partial charge on any atom is -0.478 e. The van der Waals surface area contributed by atoms with E-state index >= 15 is 0 Å². The van der Waals surface area contributed by atoms with Gasteiger partial charge in [0.05, 0.1) is 67.3 Å². The number of aromatic carboxylic acids is 8. The minimum absolute atomic E-state index is 0. The molecule has 9 rings (SSSR count). The van der Waals surface area contributed by atoms with Gasteiger partial charge in [-0.25, -0.2) is 48.3 Å². The van der Waals surface area contributed by atoms with E-state index in [1.54, 1.807) is 0 Å². The Labute approximate surface area is 417 Å². The fraction of sp³-hybridized carbons (Fsp3) is 0. The van der Waals surface area contributed by atoms with Gasteiger partial charge in [-0.05, 0) is 97.1 Å². The molecule has 21 heteroatoms. The molecule has 0 aliphatic carbocycles. The molecule has 0 amide bonds. The summed E-state index contributed by atoms with van der Waals surface area (Å²) < 4.78 is 0. The second kappa shape index (κ2) is 18.9. The van der Waals surface area contributed by atoms with E-state index in [0.717, 1.165) is 24.3 Å². The number of hydrogen-bond donors (Lipinski definition) is 10. The van der Waals surface area contributed by atoms with Gasteiger partial charge in [0.15, 0.2) is 0 Å². The fourth-order valence-electron chi connectivity index (χ4n) is 8.63. The van der Waals surface area contributed by atoms with Crippen LogP contribution in [-0.4, -0.2) is 109 Å². The summed E-state index contributed by atoms with van der Waals surface area (Å²) in [5.41, 5.74) is -3.07. The maximum absolute atomic E-state index is 13.0. The van der Waals surface area contributed by atoms with Gasteiger partial charge in [0.2, 0.25) is 0 Å². The Hall–Kier alpha value is -10.2. The predicted octanol–water partition coefficient (Wildman–Crippen LogP) is 8.91. The van der Waals surface area contributed by atoms with Crippen LogP contribution in [0.4, 0.5) is 0 Å². The molecule has 5 heterocycles. The molecule has 2 aliphatic rings. The SMILES string of the molecule is O=C(O)c1ccc(-c2c3nc(c(-c4ccc(C(=O)O)cc4C(=O)O)c4ccc([nH]4)c(-c4ccc(C(=O)O)cc4C(=O)O)c4nc(c(-c5ccc(C(=O)O)cc5C(=O)O)c5ccc2[nH]5)C=C4)C=C3)c(C(=O)O)c1.[Fe]. The fourth-order valence-corrected chi connectivity index (χ4v) is 8.63. The van der Waals surface area contributed by atoms with Crippen LogP contribution >= 0.6 is 0 Å². The van der Waals surface area contributed by atoms with Gasteiger partial charge < -0.3 is 50.8 Å². The van der Waals surface area contributed by atoms with Gasteiger partial charge in [-0.1, -0.05) is 24.3 Å². The van der Waals surface area contributed by atoms with Gasteiger partial charge >= 0.3 is 47.8 Å². The quantitative estimate of drug-likeness (QED) is 0.0510. The molecule has 0 atom stereocenters. The average molecular weight is 1020 g/mol. The number of nitrogens with zero attached hydrogens (tertiary/aromatic N) is 2. The molecule has 0 unspecified atom stereocenters.